The molecule has 0 fully saturated rings. The molecule has 2 aromatic heterocycles. The highest BCUT2D eigenvalue weighted by Crippen LogP contribution is 2.11. The van der Waals surface area contributed by atoms with Gasteiger partial charge in [0.05, 0.1) is 0 Å². The van der Waals surface area contributed by atoms with Crippen molar-refractivity contribution in [3.05, 3.63) is 77.5 Å². The maximum Gasteiger partial charge on any atom is 0.227 e. The number of nitrogens with zero attached hydrogens (tertiary/aromatic N) is 3. The number of hydrogen-bond acceptors (Lipinski definition) is 4. The first-order valence-corrected chi connectivity index (χ1v) is 7.26. The fraction of sp³-hybridized carbons (Fsp3) is 0.167. The van der Waals surface area contributed by atoms with Crippen LogP contribution in [0.25, 0.3) is 0 Å². The molecule has 0 radical (unpaired) electrons. The molecule has 0 aliphatic heterocycles. The average molecular weight is 307 g/mol. The molecule has 5 heteroatoms. The van der Waals surface area contributed by atoms with Gasteiger partial charge < -0.3 is 4.52 Å². The van der Waals surface area contributed by atoms with Gasteiger partial charge in [0.2, 0.25) is 5.89 Å². The lowest BCUT2D eigenvalue weighted by Crippen LogP contribution is -1.94. The summed E-state index contributed by atoms with van der Waals surface area (Å²) in [5, 5.41) is 3.88. The Kier molecular flexibility index (Phi) is 4.75. The Morgan fingerprint density at radius 1 is 1.09 bits per heavy atom. The van der Waals surface area contributed by atoms with Gasteiger partial charge in [-0.25, -0.2) is 9.37 Å². The van der Waals surface area contributed by atoms with Crippen LogP contribution in [0.5, 0.6) is 0 Å². The summed E-state index contributed by atoms with van der Waals surface area (Å²) in [5.41, 5.74) is 1.29. The van der Waals surface area contributed by atoms with E-state index >= 15 is 0 Å². The largest absolute Gasteiger partial charge is 0.339 e. The number of pyridine rings is 1. The van der Waals surface area contributed by atoms with E-state index in [0.29, 0.717) is 36.5 Å². The van der Waals surface area contributed by atoms with Gasteiger partial charge in [-0.1, -0.05) is 35.3 Å². The molecule has 0 saturated heterocycles. The van der Waals surface area contributed by atoms with Crippen LogP contribution in [0, 0.1) is 17.7 Å². The Morgan fingerprint density at radius 2 is 1.96 bits per heavy atom. The SMILES string of the molecule is Fc1ccccc1Cc1noc(CCC#Cc2ccccn2)n1. The van der Waals surface area contributed by atoms with Crippen LogP contribution in [0.3, 0.4) is 0 Å². The molecule has 0 N–H and O–H groups in total. The molecular weight excluding hydrogens is 293 g/mol. The predicted octanol–water partition coefficient (Wildman–Crippen LogP) is 3.18. The van der Waals surface area contributed by atoms with Gasteiger partial charge in [-0.3, -0.25) is 0 Å². The van der Waals surface area contributed by atoms with Crippen molar-refractivity contribution in [1.82, 2.24) is 15.1 Å². The second kappa shape index (κ2) is 7.32. The minimum absolute atomic E-state index is 0.264. The fourth-order valence-corrected chi connectivity index (χ4v) is 2.03. The van der Waals surface area contributed by atoms with Crippen molar-refractivity contribution < 1.29 is 8.91 Å². The molecule has 0 aliphatic rings. The molecule has 114 valence electrons. The lowest BCUT2D eigenvalue weighted by molar-refractivity contribution is 0.374. The summed E-state index contributed by atoms with van der Waals surface area (Å²) in [7, 11) is 0. The number of rotatable bonds is 4. The van der Waals surface area contributed by atoms with Gasteiger partial charge >= 0.3 is 0 Å². The quantitative estimate of drug-likeness (QED) is 0.695. The van der Waals surface area contributed by atoms with Gasteiger partial charge in [0, 0.05) is 25.5 Å². The molecule has 4 nitrogen and oxygen atoms in total. The van der Waals surface area contributed by atoms with Crippen molar-refractivity contribution in [3.8, 4) is 11.8 Å². The summed E-state index contributed by atoms with van der Waals surface area (Å²) in [6.07, 6.45) is 3.18. The number of halogens is 1. The molecule has 2 heterocycles. The molecule has 0 unspecified atom stereocenters. The molecule has 3 rings (SSSR count). The van der Waals surface area contributed by atoms with E-state index in [-0.39, 0.29) is 5.82 Å². The fourth-order valence-electron chi connectivity index (χ4n) is 2.03. The Hall–Kier alpha value is -3.00. The summed E-state index contributed by atoms with van der Waals surface area (Å²) in [4.78, 5) is 8.39. The third-order valence-corrected chi connectivity index (χ3v) is 3.16. The molecule has 23 heavy (non-hydrogen) atoms. The van der Waals surface area contributed by atoms with Gasteiger partial charge in [-0.15, -0.1) is 0 Å². The second-order valence-corrected chi connectivity index (χ2v) is 4.89. The van der Waals surface area contributed by atoms with Gasteiger partial charge in [0.15, 0.2) is 5.82 Å². The minimum Gasteiger partial charge on any atom is -0.339 e. The van der Waals surface area contributed by atoms with Crippen LogP contribution in [0.15, 0.2) is 53.2 Å². The van der Waals surface area contributed by atoms with Gasteiger partial charge in [-0.05, 0) is 29.7 Å². The number of aromatic nitrogens is 3. The molecule has 0 aliphatic carbocycles. The Morgan fingerprint density at radius 3 is 2.78 bits per heavy atom. The van der Waals surface area contributed by atoms with Crippen molar-refractivity contribution in [2.45, 2.75) is 19.3 Å². The number of benzene rings is 1. The van der Waals surface area contributed by atoms with Crippen molar-refractivity contribution >= 4 is 0 Å². The lowest BCUT2D eigenvalue weighted by Gasteiger charge is -1.97. The molecule has 0 spiro atoms. The summed E-state index contributed by atoms with van der Waals surface area (Å²) in [6, 6.07) is 12.2. The van der Waals surface area contributed by atoms with Crippen LogP contribution >= 0.6 is 0 Å². The van der Waals surface area contributed by atoms with Crippen LogP contribution < -0.4 is 0 Å². The van der Waals surface area contributed by atoms with Gasteiger partial charge in [0.1, 0.15) is 11.5 Å². The maximum atomic E-state index is 13.6. The summed E-state index contributed by atoms with van der Waals surface area (Å²) >= 11 is 0. The zero-order valence-corrected chi connectivity index (χ0v) is 12.4. The summed E-state index contributed by atoms with van der Waals surface area (Å²) < 4.78 is 18.7. The van der Waals surface area contributed by atoms with Crippen molar-refractivity contribution in [3.63, 3.8) is 0 Å². The smallest absolute Gasteiger partial charge is 0.227 e. The molecule has 0 saturated carbocycles. The van der Waals surface area contributed by atoms with Crippen LogP contribution in [0.4, 0.5) is 4.39 Å². The summed E-state index contributed by atoms with van der Waals surface area (Å²) in [5.74, 6) is 6.70. The average Bonchev–Trinajstić information content (AvgIpc) is 3.02. The highest BCUT2D eigenvalue weighted by molar-refractivity contribution is 5.26. The molecule has 0 amide bonds. The topological polar surface area (TPSA) is 51.8 Å². The zero-order valence-electron chi connectivity index (χ0n) is 12.4. The van der Waals surface area contributed by atoms with Crippen LogP contribution in [-0.2, 0) is 12.8 Å². The van der Waals surface area contributed by atoms with Crippen LogP contribution in [0.2, 0.25) is 0 Å². The van der Waals surface area contributed by atoms with E-state index in [1.54, 1.807) is 24.4 Å². The van der Waals surface area contributed by atoms with E-state index in [0.717, 1.165) is 5.69 Å². The standard InChI is InChI=1S/C18H14FN3O/c19-16-10-3-1-7-14(16)13-17-21-18(23-22-17)11-4-2-8-15-9-5-6-12-20-15/h1,3,5-7,9-10,12H,4,11,13H2. The van der Waals surface area contributed by atoms with Gasteiger partial charge in [0.25, 0.3) is 0 Å². The van der Waals surface area contributed by atoms with Gasteiger partial charge in [-0.2, -0.15) is 4.98 Å². The Balaban J connectivity index is 1.56. The van der Waals surface area contributed by atoms with E-state index in [2.05, 4.69) is 27.0 Å². The van der Waals surface area contributed by atoms with E-state index < -0.39 is 0 Å². The number of hydrogen-bond donors (Lipinski definition) is 0. The van der Waals surface area contributed by atoms with Crippen molar-refractivity contribution in [1.29, 1.82) is 0 Å². The lowest BCUT2D eigenvalue weighted by atomic mass is 10.1. The Bertz CT molecular complexity index is 834. The number of aryl methyl sites for hydroxylation is 1. The third kappa shape index (κ3) is 4.24. The third-order valence-electron chi connectivity index (χ3n) is 3.16. The molecule has 0 bridgehead atoms. The van der Waals surface area contributed by atoms with E-state index in [1.165, 1.54) is 6.07 Å². The van der Waals surface area contributed by atoms with Crippen LogP contribution in [0.1, 0.15) is 29.4 Å². The van der Waals surface area contributed by atoms with E-state index in [4.69, 9.17) is 4.52 Å². The van der Waals surface area contributed by atoms with Crippen LogP contribution in [-0.4, -0.2) is 15.1 Å². The van der Waals surface area contributed by atoms with E-state index in [9.17, 15) is 4.39 Å². The first-order chi connectivity index (χ1) is 11.3. The molecule has 0 atom stereocenters. The molecule has 3 aromatic rings. The van der Waals surface area contributed by atoms with E-state index in [1.807, 2.05) is 18.2 Å². The highest BCUT2D eigenvalue weighted by atomic mass is 19.1. The summed E-state index contributed by atoms with van der Waals surface area (Å²) in [6.45, 7) is 0. The van der Waals surface area contributed by atoms with Crippen molar-refractivity contribution in [2.75, 3.05) is 0 Å². The minimum atomic E-state index is -0.264. The normalized spacial score (nSPS) is 10.1. The Labute approximate surface area is 133 Å². The monoisotopic (exact) mass is 307 g/mol. The maximum absolute atomic E-state index is 13.6. The zero-order chi connectivity index (χ0) is 15.9. The second-order valence-electron chi connectivity index (χ2n) is 4.89. The van der Waals surface area contributed by atoms with Crippen molar-refractivity contribution in [2.24, 2.45) is 0 Å². The predicted molar refractivity (Wildman–Crippen MR) is 82.9 cm³/mol. The highest BCUT2D eigenvalue weighted by Gasteiger charge is 2.09. The molecular formula is C18H14FN3O. The first kappa shape index (κ1) is 14.9. The first-order valence-electron chi connectivity index (χ1n) is 7.26. The molecule has 1 aromatic carbocycles.